The van der Waals surface area contributed by atoms with Crippen LogP contribution in [-0.4, -0.2) is 17.5 Å². The highest BCUT2D eigenvalue weighted by molar-refractivity contribution is 14.0. The Morgan fingerprint density at radius 2 is 2.08 bits per heavy atom. The first-order valence-electron chi connectivity index (χ1n) is 7.38. The Hall–Kier alpha value is -1.16. The molecule has 24 heavy (non-hydrogen) atoms. The smallest absolute Gasteiger partial charge is 0.214 e. The van der Waals surface area contributed by atoms with Crippen LogP contribution in [0.5, 0.6) is 0 Å². The van der Waals surface area contributed by atoms with Crippen LogP contribution in [0.4, 0.5) is 4.39 Å². The maximum Gasteiger partial charge on any atom is 0.214 e. The first-order chi connectivity index (χ1) is 11.0. The van der Waals surface area contributed by atoms with E-state index in [2.05, 4.69) is 36.5 Å². The molecule has 0 amide bonds. The Morgan fingerprint density at radius 1 is 1.33 bits per heavy atom. The van der Waals surface area contributed by atoms with Gasteiger partial charge in [-0.05, 0) is 39.0 Å². The fraction of sp³-hybridized carbons (Fsp3) is 0.375. The molecule has 0 aliphatic rings. The van der Waals surface area contributed by atoms with Crippen molar-refractivity contribution in [2.75, 3.05) is 6.54 Å². The fourth-order valence-electron chi connectivity index (χ4n) is 1.94. The van der Waals surface area contributed by atoms with Crippen molar-refractivity contribution in [3.8, 4) is 0 Å². The highest BCUT2D eigenvalue weighted by Crippen LogP contribution is 2.16. The van der Waals surface area contributed by atoms with Gasteiger partial charge in [0.2, 0.25) is 5.89 Å². The molecule has 0 saturated heterocycles. The van der Waals surface area contributed by atoms with Gasteiger partial charge in [-0.2, -0.15) is 0 Å². The molecule has 1 aromatic carbocycles. The van der Waals surface area contributed by atoms with Crippen LogP contribution in [-0.2, 0) is 13.1 Å². The number of aromatic nitrogens is 1. The minimum Gasteiger partial charge on any atom is -0.444 e. The third-order valence-corrected chi connectivity index (χ3v) is 3.73. The number of aryl methyl sites for hydroxylation is 2. The minimum atomic E-state index is -0.272. The Labute approximate surface area is 166 Å². The van der Waals surface area contributed by atoms with Crippen LogP contribution in [0.25, 0.3) is 0 Å². The zero-order valence-corrected chi connectivity index (χ0v) is 17.7. The number of hydrogen-bond donors (Lipinski definition) is 2. The van der Waals surface area contributed by atoms with E-state index in [0.29, 0.717) is 30.5 Å². The van der Waals surface area contributed by atoms with Crippen LogP contribution in [0.2, 0.25) is 0 Å². The molecule has 0 unspecified atom stereocenters. The lowest BCUT2D eigenvalue weighted by Crippen LogP contribution is -2.36. The number of hydrogen-bond acceptors (Lipinski definition) is 3. The SMILES string of the molecule is CCNC(=NCc1cc(Br)ccc1F)NCc1nc(C)c(C)o1.I. The van der Waals surface area contributed by atoms with Crippen LogP contribution < -0.4 is 10.6 Å². The van der Waals surface area contributed by atoms with E-state index in [9.17, 15) is 4.39 Å². The lowest BCUT2D eigenvalue weighted by Gasteiger charge is -2.10. The predicted octanol–water partition coefficient (Wildman–Crippen LogP) is 4.07. The van der Waals surface area contributed by atoms with Crippen molar-refractivity contribution in [3.63, 3.8) is 0 Å². The van der Waals surface area contributed by atoms with Crippen LogP contribution >= 0.6 is 39.9 Å². The van der Waals surface area contributed by atoms with E-state index >= 15 is 0 Å². The van der Waals surface area contributed by atoms with Crippen molar-refractivity contribution in [3.05, 3.63) is 51.4 Å². The number of halogens is 3. The third kappa shape index (κ3) is 6.04. The van der Waals surface area contributed by atoms with E-state index in [-0.39, 0.29) is 36.3 Å². The summed E-state index contributed by atoms with van der Waals surface area (Å²) in [4.78, 5) is 8.70. The molecular weight excluding hydrogens is 490 g/mol. The molecule has 0 fully saturated rings. The van der Waals surface area contributed by atoms with Gasteiger partial charge in [-0.15, -0.1) is 24.0 Å². The molecule has 8 heteroatoms. The van der Waals surface area contributed by atoms with E-state index in [1.165, 1.54) is 6.07 Å². The third-order valence-electron chi connectivity index (χ3n) is 3.24. The molecule has 1 aromatic heterocycles. The maximum atomic E-state index is 13.7. The molecule has 0 spiro atoms. The number of oxazole rings is 1. The second-order valence-corrected chi connectivity index (χ2v) is 5.95. The summed E-state index contributed by atoms with van der Waals surface area (Å²) < 4.78 is 20.1. The zero-order chi connectivity index (χ0) is 16.8. The summed E-state index contributed by atoms with van der Waals surface area (Å²) in [5.41, 5.74) is 1.40. The molecule has 0 saturated carbocycles. The molecule has 0 aliphatic carbocycles. The fourth-order valence-corrected chi connectivity index (χ4v) is 2.35. The average Bonchev–Trinajstić information content (AvgIpc) is 2.84. The van der Waals surface area contributed by atoms with Gasteiger partial charge >= 0.3 is 0 Å². The van der Waals surface area contributed by atoms with Crippen LogP contribution in [0.1, 0.15) is 29.8 Å². The predicted molar refractivity (Wildman–Crippen MR) is 107 cm³/mol. The van der Waals surface area contributed by atoms with Gasteiger partial charge in [-0.1, -0.05) is 15.9 Å². The first-order valence-corrected chi connectivity index (χ1v) is 8.18. The molecule has 0 aliphatic heterocycles. The van der Waals surface area contributed by atoms with E-state index in [4.69, 9.17) is 4.42 Å². The summed E-state index contributed by atoms with van der Waals surface area (Å²) in [5, 5.41) is 6.24. The van der Waals surface area contributed by atoms with E-state index in [0.717, 1.165) is 15.9 Å². The summed E-state index contributed by atoms with van der Waals surface area (Å²) in [7, 11) is 0. The monoisotopic (exact) mass is 510 g/mol. The lowest BCUT2D eigenvalue weighted by atomic mass is 10.2. The Morgan fingerprint density at radius 3 is 2.71 bits per heavy atom. The number of rotatable bonds is 5. The van der Waals surface area contributed by atoms with Gasteiger partial charge in [0.05, 0.1) is 18.8 Å². The second kappa shape index (κ2) is 9.97. The van der Waals surface area contributed by atoms with Crippen LogP contribution in [0, 0.1) is 19.7 Å². The van der Waals surface area contributed by atoms with Gasteiger partial charge < -0.3 is 15.1 Å². The van der Waals surface area contributed by atoms with E-state index < -0.39 is 0 Å². The molecule has 2 rings (SSSR count). The number of nitrogens with zero attached hydrogens (tertiary/aromatic N) is 2. The van der Waals surface area contributed by atoms with Gasteiger partial charge in [0.15, 0.2) is 5.96 Å². The molecular formula is C16H21BrFIN4O. The maximum absolute atomic E-state index is 13.7. The van der Waals surface area contributed by atoms with Gasteiger partial charge in [0, 0.05) is 16.6 Å². The Bertz CT molecular complexity index is 686. The first kappa shape index (κ1) is 20.9. The van der Waals surface area contributed by atoms with Crippen molar-refractivity contribution < 1.29 is 8.81 Å². The van der Waals surface area contributed by atoms with E-state index in [1.54, 1.807) is 12.1 Å². The molecule has 5 nitrogen and oxygen atoms in total. The average molecular weight is 511 g/mol. The molecule has 0 atom stereocenters. The van der Waals surface area contributed by atoms with Crippen molar-refractivity contribution in [1.82, 2.24) is 15.6 Å². The standard InChI is InChI=1S/C16H20BrFN4O.HI/c1-4-19-16(21-9-15-22-10(2)11(3)23-15)20-8-12-7-13(17)5-6-14(12)18;/h5-7H,4,8-9H2,1-3H3,(H2,19,20,21);1H. The molecule has 132 valence electrons. The normalized spacial score (nSPS) is 11.1. The van der Waals surface area contributed by atoms with Crippen LogP contribution in [0.15, 0.2) is 32.1 Å². The summed E-state index contributed by atoms with van der Waals surface area (Å²) >= 11 is 3.34. The Kier molecular flexibility index (Phi) is 8.68. The quantitative estimate of drug-likeness (QED) is 0.361. The van der Waals surface area contributed by atoms with E-state index in [1.807, 2.05) is 20.8 Å². The summed E-state index contributed by atoms with van der Waals surface area (Å²) in [5.74, 6) is 1.71. The van der Waals surface area contributed by atoms with Crippen molar-refractivity contribution in [2.24, 2.45) is 4.99 Å². The summed E-state index contributed by atoms with van der Waals surface area (Å²) in [6.07, 6.45) is 0. The van der Waals surface area contributed by atoms with Gasteiger partial charge in [0.1, 0.15) is 11.6 Å². The zero-order valence-electron chi connectivity index (χ0n) is 13.8. The van der Waals surface area contributed by atoms with Crippen LogP contribution in [0.3, 0.4) is 0 Å². The van der Waals surface area contributed by atoms with Gasteiger partial charge in [-0.3, -0.25) is 0 Å². The minimum absolute atomic E-state index is 0. The topological polar surface area (TPSA) is 62.5 Å². The van der Waals surface area contributed by atoms with Gasteiger partial charge in [-0.25, -0.2) is 14.4 Å². The highest BCUT2D eigenvalue weighted by Gasteiger charge is 2.07. The molecule has 0 radical (unpaired) electrons. The Balaban J connectivity index is 0.00000288. The lowest BCUT2D eigenvalue weighted by molar-refractivity contribution is 0.463. The summed E-state index contributed by atoms with van der Waals surface area (Å²) in [6, 6.07) is 4.82. The highest BCUT2D eigenvalue weighted by atomic mass is 127. The number of aliphatic imine (C=N–C) groups is 1. The van der Waals surface area contributed by atoms with Crippen molar-refractivity contribution >= 4 is 45.9 Å². The van der Waals surface area contributed by atoms with Gasteiger partial charge in [0.25, 0.3) is 0 Å². The number of guanidine groups is 1. The molecule has 0 bridgehead atoms. The molecule has 2 N–H and O–H groups in total. The summed E-state index contributed by atoms with van der Waals surface area (Å²) in [6.45, 7) is 7.11. The molecule has 1 heterocycles. The number of nitrogens with one attached hydrogen (secondary N) is 2. The van der Waals surface area contributed by atoms with Crippen molar-refractivity contribution in [1.29, 1.82) is 0 Å². The largest absolute Gasteiger partial charge is 0.444 e. The second-order valence-electron chi connectivity index (χ2n) is 5.03. The van der Waals surface area contributed by atoms with Crippen molar-refractivity contribution in [2.45, 2.75) is 33.9 Å². The molecule has 2 aromatic rings. The number of benzene rings is 1.